The van der Waals surface area contributed by atoms with Crippen molar-refractivity contribution < 1.29 is 4.79 Å². The Bertz CT molecular complexity index is 555. The molecule has 118 valence electrons. The van der Waals surface area contributed by atoms with Crippen LogP contribution in [-0.2, 0) is 11.3 Å². The van der Waals surface area contributed by atoms with Crippen LogP contribution in [-0.4, -0.2) is 48.5 Å². The van der Waals surface area contributed by atoms with E-state index in [0.717, 1.165) is 58.5 Å². The van der Waals surface area contributed by atoms with Crippen molar-refractivity contribution in [2.45, 2.75) is 25.8 Å². The predicted molar refractivity (Wildman–Crippen MR) is 84.1 cm³/mol. The number of carbonyl (C=O) groups excluding carboxylic acids is 1. The Morgan fingerprint density at radius 2 is 2.05 bits per heavy atom. The van der Waals surface area contributed by atoms with Crippen molar-refractivity contribution in [1.82, 2.24) is 20.5 Å². The van der Waals surface area contributed by atoms with E-state index in [0.29, 0.717) is 5.91 Å². The highest BCUT2D eigenvalue weighted by atomic mass is 16.2. The molecule has 4 heterocycles. The summed E-state index contributed by atoms with van der Waals surface area (Å²) in [5, 5.41) is 6.57. The summed E-state index contributed by atoms with van der Waals surface area (Å²) in [5.41, 5.74) is 1.22. The van der Waals surface area contributed by atoms with Crippen LogP contribution >= 0.6 is 0 Å². The second-order valence-electron chi connectivity index (χ2n) is 7.12. The largest absolute Gasteiger partial charge is 0.356 e. The molecule has 0 radical (unpaired) electrons. The predicted octanol–water partition coefficient (Wildman–Crippen LogP) is 0.773. The highest BCUT2D eigenvalue weighted by Crippen LogP contribution is 2.55. The third-order valence-corrected chi connectivity index (χ3v) is 6.00. The van der Waals surface area contributed by atoms with Gasteiger partial charge in [0.1, 0.15) is 0 Å². The van der Waals surface area contributed by atoms with Crippen molar-refractivity contribution in [3.63, 3.8) is 0 Å². The number of fused-ring (bicyclic) bond motifs is 1. The van der Waals surface area contributed by atoms with Crippen LogP contribution in [0.4, 0.5) is 0 Å². The number of piperidine rings is 1. The van der Waals surface area contributed by atoms with E-state index in [1.807, 2.05) is 18.5 Å². The summed E-state index contributed by atoms with van der Waals surface area (Å²) in [4.78, 5) is 19.4. The molecular weight excluding hydrogens is 276 g/mol. The molecule has 3 saturated heterocycles. The maximum atomic E-state index is 12.7. The summed E-state index contributed by atoms with van der Waals surface area (Å²) in [7, 11) is 0. The summed E-state index contributed by atoms with van der Waals surface area (Å²) in [5.74, 6) is 0.295. The fraction of sp³-hybridized carbons (Fsp3) is 0.647. The minimum absolute atomic E-state index is 0.154. The SMILES string of the molecule is O=C1NCCC12CN(Cc1cccnc1)CC21CCNCC1. The number of hydrogen-bond donors (Lipinski definition) is 2. The number of nitrogens with one attached hydrogen (secondary N) is 2. The van der Waals surface area contributed by atoms with Gasteiger partial charge in [-0.3, -0.25) is 14.7 Å². The third kappa shape index (κ3) is 2.07. The Hall–Kier alpha value is -1.46. The van der Waals surface area contributed by atoms with Gasteiger partial charge in [0.05, 0.1) is 5.41 Å². The summed E-state index contributed by atoms with van der Waals surface area (Å²) in [6.07, 6.45) is 6.98. The molecule has 5 nitrogen and oxygen atoms in total. The van der Waals surface area contributed by atoms with Crippen molar-refractivity contribution >= 4 is 5.91 Å². The van der Waals surface area contributed by atoms with E-state index in [2.05, 4.69) is 26.6 Å². The number of pyridine rings is 1. The molecule has 1 atom stereocenters. The van der Waals surface area contributed by atoms with Crippen LogP contribution in [0.2, 0.25) is 0 Å². The van der Waals surface area contributed by atoms with Gasteiger partial charge in [0, 0.05) is 44.0 Å². The van der Waals surface area contributed by atoms with Gasteiger partial charge in [0.15, 0.2) is 0 Å². The molecule has 1 aromatic heterocycles. The fourth-order valence-corrected chi connectivity index (χ4v) is 4.92. The fourth-order valence-electron chi connectivity index (χ4n) is 4.92. The normalized spacial score (nSPS) is 31.0. The number of aromatic nitrogens is 1. The van der Waals surface area contributed by atoms with E-state index in [4.69, 9.17) is 0 Å². The second kappa shape index (κ2) is 5.32. The highest BCUT2D eigenvalue weighted by molar-refractivity contribution is 5.86. The molecular formula is C17H24N4O. The van der Waals surface area contributed by atoms with E-state index < -0.39 is 0 Å². The number of nitrogens with zero attached hydrogens (tertiary/aromatic N) is 2. The topological polar surface area (TPSA) is 57.3 Å². The van der Waals surface area contributed by atoms with E-state index in [1.165, 1.54) is 5.56 Å². The second-order valence-corrected chi connectivity index (χ2v) is 7.12. The van der Waals surface area contributed by atoms with Crippen LogP contribution in [0.3, 0.4) is 0 Å². The van der Waals surface area contributed by atoms with Crippen LogP contribution < -0.4 is 10.6 Å². The smallest absolute Gasteiger partial charge is 0.228 e. The summed E-state index contributed by atoms with van der Waals surface area (Å²) in [6, 6.07) is 4.12. The van der Waals surface area contributed by atoms with Gasteiger partial charge in [-0.15, -0.1) is 0 Å². The van der Waals surface area contributed by atoms with Crippen molar-refractivity contribution in [3.8, 4) is 0 Å². The summed E-state index contributed by atoms with van der Waals surface area (Å²) < 4.78 is 0. The molecule has 4 rings (SSSR count). The maximum Gasteiger partial charge on any atom is 0.228 e. The van der Waals surface area contributed by atoms with Crippen molar-refractivity contribution in [1.29, 1.82) is 0 Å². The maximum absolute atomic E-state index is 12.7. The molecule has 3 aliphatic rings. The lowest BCUT2D eigenvalue weighted by molar-refractivity contribution is -0.133. The minimum Gasteiger partial charge on any atom is -0.356 e. The summed E-state index contributed by atoms with van der Waals surface area (Å²) in [6.45, 7) is 5.75. The Labute approximate surface area is 131 Å². The van der Waals surface area contributed by atoms with E-state index in [-0.39, 0.29) is 10.8 Å². The highest BCUT2D eigenvalue weighted by Gasteiger charge is 2.62. The van der Waals surface area contributed by atoms with E-state index >= 15 is 0 Å². The molecule has 2 N–H and O–H groups in total. The van der Waals surface area contributed by atoms with Gasteiger partial charge in [-0.2, -0.15) is 0 Å². The lowest BCUT2D eigenvalue weighted by Crippen LogP contribution is -2.51. The first-order chi connectivity index (χ1) is 10.7. The Balaban J connectivity index is 1.61. The molecule has 3 aliphatic heterocycles. The number of amides is 1. The van der Waals surface area contributed by atoms with Crippen molar-refractivity contribution in [2.75, 3.05) is 32.7 Å². The van der Waals surface area contributed by atoms with Gasteiger partial charge in [-0.05, 0) is 44.0 Å². The molecule has 2 spiro atoms. The average molecular weight is 300 g/mol. The molecule has 5 heteroatoms. The van der Waals surface area contributed by atoms with Gasteiger partial charge in [0.2, 0.25) is 5.91 Å². The molecule has 0 aliphatic carbocycles. The molecule has 22 heavy (non-hydrogen) atoms. The van der Waals surface area contributed by atoms with Crippen LogP contribution in [0.5, 0.6) is 0 Å². The van der Waals surface area contributed by atoms with Gasteiger partial charge in [-0.1, -0.05) is 6.07 Å². The van der Waals surface area contributed by atoms with Crippen molar-refractivity contribution in [3.05, 3.63) is 30.1 Å². The average Bonchev–Trinajstić information content (AvgIpc) is 3.04. The molecule has 0 saturated carbocycles. The first-order valence-corrected chi connectivity index (χ1v) is 8.35. The monoisotopic (exact) mass is 300 g/mol. The van der Waals surface area contributed by atoms with E-state index in [9.17, 15) is 4.79 Å². The van der Waals surface area contributed by atoms with Crippen LogP contribution in [0, 0.1) is 10.8 Å². The molecule has 3 fully saturated rings. The zero-order chi connectivity index (χ0) is 15.0. The molecule has 1 aromatic rings. The third-order valence-electron chi connectivity index (χ3n) is 6.00. The van der Waals surface area contributed by atoms with Crippen molar-refractivity contribution in [2.24, 2.45) is 10.8 Å². The first-order valence-electron chi connectivity index (χ1n) is 8.35. The first kappa shape index (κ1) is 14.2. The van der Waals surface area contributed by atoms with Crippen LogP contribution in [0.15, 0.2) is 24.5 Å². The number of hydrogen-bond acceptors (Lipinski definition) is 4. The van der Waals surface area contributed by atoms with E-state index in [1.54, 1.807) is 0 Å². The van der Waals surface area contributed by atoms with Gasteiger partial charge >= 0.3 is 0 Å². The molecule has 0 aromatic carbocycles. The Morgan fingerprint density at radius 3 is 2.73 bits per heavy atom. The van der Waals surface area contributed by atoms with Gasteiger partial charge < -0.3 is 10.6 Å². The Morgan fingerprint density at radius 1 is 1.18 bits per heavy atom. The zero-order valence-electron chi connectivity index (χ0n) is 13.0. The number of carbonyl (C=O) groups is 1. The quantitative estimate of drug-likeness (QED) is 0.847. The lowest BCUT2D eigenvalue weighted by atomic mass is 9.60. The zero-order valence-corrected chi connectivity index (χ0v) is 13.0. The lowest BCUT2D eigenvalue weighted by Gasteiger charge is -2.43. The standard InChI is InChI=1S/C17H24N4O/c22-15-17(5-9-20-15)13-21(11-14-2-1-6-19-10-14)12-16(17)3-7-18-8-4-16/h1-2,6,10,18H,3-5,7-9,11-13H2,(H,20,22). The Kier molecular flexibility index (Phi) is 3.42. The molecule has 0 bridgehead atoms. The minimum atomic E-state index is -0.169. The van der Waals surface area contributed by atoms with Crippen LogP contribution in [0.1, 0.15) is 24.8 Å². The summed E-state index contributed by atoms with van der Waals surface area (Å²) >= 11 is 0. The molecule has 1 unspecified atom stereocenters. The van der Waals surface area contributed by atoms with Gasteiger partial charge in [0.25, 0.3) is 0 Å². The van der Waals surface area contributed by atoms with Gasteiger partial charge in [-0.25, -0.2) is 0 Å². The molecule has 1 amide bonds. The number of rotatable bonds is 2. The van der Waals surface area contributed by atoms with Crippen LogP contribution in [0.25, 0.3) is 0 Å². The number of likely N-dealkylation sites (tertiary alicyclic amines) is 1.